The number of carbonyl (C=O) groups excluding carboxylic acids is 1. The van der Waals surface area contributed by atoms with E-state index in [-0.39, 0.29) is 0 Å². The predicted octanol–water partition coefficient (Wildman–Crippen LogP) is 6.15. The van der Waals surface area contributed by atoms with E-state index in [1.54, 1.807) is 0 Å². The number of hydrogen-bond acceptors (Lipinski definition) is 3. The minimum atomic E-state index is -0.436. The third-order valence-corrected chi connectivity index (χ3v) is 6.30. The van der Waals surface area contributed by atoms with Gasteiger partial charge in [0.1, 0.15) is 6.29 Å². The Bertz CT molecular complexity index is 844. The van der Waals surface area contributed by atoms with Crippen molar-refractivity contribution in [2.75, 3.05) is 14.1 Å². The molecule has 2 atom stereocenters. The molecule has 0 saturated carbocycles. The first-order valence-corrected chi connectivity index (χ1v) is 11.0. The lowest BCUT2D eigenvalue weighted by molar-refractivity contribution is -0.112. The quantitative estimate of drug-likeness (QED) is 0.542. The number of allylic oxidation sites excluding steroid dienone is 4. The maximum absolute atomic E-state index is 12.2. The first-order chi connectivity index (χ1) is 13.8. The average molecular weight is 395 g/mol. The van der Waals surface area contributed by atoms with Gasteiger partial charge in [0.25, 0.3) is 0 Å². The van der Waals surface area contributed by atoms with Crippen LogP contribution < -0.4 is 0 Å². The normalized spacial score (nSPS) is 21.9. The van der Waals surface area contributed by atoms with Crippen molar-refractivity contribution in [1.82, 2.24) is 4.90 Å². The molecule has 0 N–H and O–H groups in total. The van der Waals surface area contributed by atoms with Gasteiger partial charge in [0.05, 0.1) is 16.8 Å². The smallest absolute Gasteiger partial charge is 0.131 e. The van der Waals surface area contributed by atoms with Gasteiger partial charge in [-0.25, -0.2) is 0 Å². The zero-order chi connectivity index (χ0) is 21.8. The number of aliphatic imine (C=N–C) groups is 1. The van der Waals surface area contributed by atoms with E-state index in [4.69, 9.17) is 4.99 Å². The molecule has 0 amide bonds. The van der Waals surface area contributed by atoms with Gasteiger partial charge >= 0.3 is 0 Å². The topological polar surface area (TPSA) is 32.7 Å². The zero-order valence-corrected chi connectivity index (χ0v) is 19.6. The molecule has 1 aromatic carbocycles. The van der Waals surface area contributed by atoms with Gasteiger partial charge in [-0.3, -0.25) is 4.99 Å². The molecule has 0 aromatic heterocycles. The van der Waals surface area contributed by atoms with Crippen molar-refractivity contribution < 1.29 is 4.79 Å². The fourth-order valence-electron chi connectivity index (χ4n) is 4.32. The molecule has 29 heavy (non-hydrogen) atoms. The highest BCUT2D eigenvalue weighted by atomic mass is 16.1. The predicted molar refractivity (Wildman–Crippen MR) is 125 cm³/mol. The average Bonchev–Trinajstić information content (AvgIpc) is 3.25. The van der Waals surface area contributed by atoms with E-state index in [0.29, 0.717) is 5.92 Å². The molecule has 1 unspecified atom stereocenters. The van der Waals surface area contributed by atoms with Crippen LogP contribution in [0, 0.1) is 19.8 Å². The van der Waals surface area contributed by atoms with Crippen LogP contribution in [0.5, 0.6) is 0 Å². The van der Waals surface area contributed by atoms with E-state index < -0.39 is 5.41 Å². The number of aldehydes is 1. The first kappa shape index (κ1) is 23.1. The zero-order valence-electron chi connectivity index (χ0n) is 19.6. The Hall–Kier alpha value is -2.16. The monoisotopic (exact) mass is 394 g/mol. The Labute approximate surface area is 177 Å². The first-order valence-electron chi connectivity index (χ1n) is 11.0. The van der Waals surface area contributed by atoms with Crippen molar-refractivity contribution in [2.24, 2.45) is 10.9 Å². The second-order valence-electron chi connectivity index (χ2n) is 8.49. The summed E-state index contributed by atoms with van der Waals surface area (Å²) in [6.07, 6.45) is 7.02. The largest absolute Gasteiger partial charge is 0.376 e. The standard InChI is InChI=1S/C24H32N2O.C2H6/c1-7-16(2)11-23(26(5)6)21-12-19-13-24(15-27,14-22(19)25-21)20-10-8-9-17(3)18(20)4;1-2/h8-11,15-16H,7,12-14H2,1-6H3;1-2H3/b23-11-;/t16?,24-;/m1./s1. The highest BCUT2D eigenvalue weighted by molar-refractivity contribution is 6.04. The summed E-state index contributed by atoms with van der Waals surface area (Å²) < 4.78 is 0. The molecule has 0 bridgehead atoms. The molecule has 1 aliphatic heterocycles. The molecule has 0 fully saturated rings. The number of rotatable bonds is 6. The second-order valence-corrected chi connectivity index (χ2v) is 8.49. The van der Waals surface area contributed by atoms with Crippen molar-refractivity contribution in [3.8, 4) is 0 Å². The number of hydrogen-bond donors (Lipinski definition) is 0. The van der Waals surface area contributed by atoms with E-state index >= 15 is 0 Å². The van der Waals surface area contributed by atoms with Crippen LogP contribution in [-0.2, 0) is 10.2 Å². The number of carbonyl (C=O) groups is 1. The molecule has 0 radical (unpaired) electrons. The highest BCUT2D eigenvalue weighted by Crippen LogP contribution is 2.48. The van der Waals surface area contributed by atoms with Crippen molar-refractivity contribution >= 4 is 12.0 Å². The minimum Gasteiger partial charge on any atom is -0.376 e. The van der Waals surface area contributed by atoms with Crippen molar-refractivity contribution in [3.05, 3.63) is 57.9 Å². The van der Waals surface area contributed by atoms with Crippen LogP contribution >= 0.6 is 0 Å². The summed E-state index contributed by atoms with van der Waals surface area (Å²) in [6.45, 7) is 12.7. The van der Waals surface area contributed by atoms with Gasteiger partial charge in [-0.1, -0.05) is 58.4 Å². The summed E-state index contributed by atoms with van der Waals surface area (Å²) in [5.74, 6) is 0.532. The van der Waals surface area contributed by atoms with Crippen molar-refractivity contribution in [1.29, 1.82) is 0 Å². The molecule has 1 aromatic rings. The van der Waals surface area contributed by atoms with Crippen LogP contribution in [0.2, 0.25) is 0 Å². The number of aryl methyl sites for hydroxylation is 1. The van der Waals surface area contributed by atoms with Crippen LogP contribution in [0.3, 0.4) is 0 Å². The summed E-state index contributed by atoms with van der Waals surface area (Å²) in [7, 11) is 4.18. The van der Waals surface area contributed by atoms with Gasteiger partial charge in [-0.15, -0.1) is 0 Å². The van der Waals surface area contributed by atoms with Crippen LogP contribution in [0.4, 0.5) is 0 Å². The highest BCUT2D eigenvalue weighted by Gasteiger charge is 2.43. The summed E-state index contributed by atoms with van der Waals surface area (Å²) in [5.41, 5.74) is 8.08. The lowest BCUT2D eigenvalue weighted by Gasteiger charge is -2.27. The van der Waals surface area contributed by atoms with E-state index in [9.17, 15) is 4.79 Å². The molecule has 3 heteroatoms. The lowest BCUT2D eigenvalue weighted by atomic mass is 9.75. The summed E-state index contributed by atoms with van der Waals surface area (Å²) in [5, 5.41) is 0. The Morgan fingerprint density at radius 2 is 1.93 bits per heavy atom. The Morgan fingerprint density at radius 3 is 2.48 bits per heavy atom. The second kappa shape index (κ2) is 9.56. The van der Waals surface area contributed by atoms with Gasteiger partial charge in [-0.2, -0.15) is 0 Å². The number of nitrogens with zero attached hydrogens (tertiary/aromatic N) is 2. The van der Waals surface area contributed by atoms with Crippen LogP contribution in [0.25, 0.3) is 0 Å². The third kappa shape index (κ3) is 4.55. The molecular weight excluding hydrogens is 356 g/mol. The SMILES string of the molecule is CC.CCC(C)/C=C(/C1=NC2=C(C1)C[C@@](C=O)(c1cccc(C)c1C)C2)N(C)C. The molecule has 158 valence electrons. The van der Waals surface area contributed by atoms with Crippen LogP contribution in [0.15, 0.2) is 46.2 Å². The summed E-state index contributed by atoms with van der Waals surface area (Å²) in [4.78, 5) is 19.4. The molecule has 2 aliphatic rings. The number of benzene rings is 1. The third-order valence-electron chi connectivity index (χ3n) is 6.30. The van der Waals surface area contributed by atoms with E-state index in [2.05, 4.69) is 71.0 Å². The Morgan fingerprint density at radius 1 is 1.24 bits per heavy atom. The molecule has 3 rings (SSSR count). The molecule has 0 spiro atoms. The Kier molecular flexibility index (Phi) is 7.62. The van der Waals surface area contributed by atoms with Crippen LogP contribution in [-0.4, -0.2) is 31.0 Å². The van der Waals surface area contributed by atoms with Gasteiger partial charge in [0.2, 0.25) is 0 Å². The van der Waals surface area contributed by atoms with Crippen LogP contribution in [0.1, 0.15) is 70.1 Å². The molecule has 3 nitrogen and oxygen atoms in total. The summed E-state index contributed by atoms with van der Waals surface area (Å²) in [6, 6.07) is 6.31. The van der Waals surface area contributed by atoms with Crippen molar-refractivity contribution in [3.63, 3.8) is 0 Å². The van der Waals surface area contributed by atoms with Gasteiger partial charge in [0, 0.05) is 32.6 Å². The van der Waals surface area contributed by atoms with E-state index in [0.717, 1.165) is 37.1 Å². The lowest BCUT2D eigenvalue weighted by Crippen LogP contribution is -2.28. The van der Waals surface area contributed by atoms with Crippen molar-refractivity contribution in [2.45, 2.75) is 72.6 Å². The maximum atomic E-state index is 12.2. The molecule has 1 heterocycles. The van der Waals surface area contributed by atoms with Gasteiger partial charge < -0.3 is 9.69 Å². The fraction of sp³-hybridized carbons (Fsp3) is 0.538. The molecular formula is C26H38N2O. The fourth-order valence-corrected chi connectivity index (χ4v) is 4.32. The molecule has 0 saturated heterocycles. The maximum Gasteiger partial charge on any atom is 0.131 e. The van der Waals surface area contributed by atoms with Gasteiger partial charge in [-0.05, 0) is 48.4 Å². The Balaban J connectivity index is 0.00000145. The van der Waals surface area contributed by atoms with E-state index in [1.165, 1.54) is 34.2 Å². The summed E-state index contributed by atoms with van der Waals surface area (Å²) >= 11 is 0. The minimum absolute atomic E-state index is 0.436. The van der Waals surface area contributed by atoms with Gasteiger partial charge in [0.15, 0.2) is 0 Å². The molecule has 1 aliphatic carbocycles. The van der Waals surface area contributed by atoms with E-state index in [1.807, 2.05) is 13.8 Å².